The lowest BCUT2D eigenvalue weighted by molar-refractivity contribution is 0.0697. The number of hydrogen-bond acceptors (Lipinski definition) is 4. The number of rotatable bonds is 7. The molecule has 0 spiro atoms. The van der Waals surface area contributed by atoms with Gasteiger partial charge in [0.15, 0.2) is 0 Å². The van der Waals surface area contributed by atoms with Crippen molar-refractivity contribution in [2.75, 3.05) is 25.6 Å². The van der Waals surface area contributed by atoms with E-state index in [1.807, 2.05) is 0 Å². The van der Waals surface area contributed by atoms with Gasteiger partial charge >= 0.3 is 5.97 Å². The van der Waals surface area contributed by atoms with Gasteiger partial charge in [-0.2, -0.15) is 0 Å². The van der Waals surface area contributed by atoms with E-state index in [1.165, 1.54) is 12.8 Å². The van der Waals surface area contributed by atoms with E-state index >= 15 is 0 Å². The van der Waals surface area contributed by atoms with Crippen LogP contribution >= 0.6 is 0 Å². The number of ether oxygens (including phenoxy) is 1. The molecule has 1 aromatic heterocycles. The number of pyridine rings is 1. The van der Waals surface area contributed by atoms with Crippen LogP contribution in [0.5, 0.6) is 0 Å². The molecule has 0 bridgehead atoms. The summed E-state index contributed by atoms with van der Waals surface area (Å²) in [7, 11) is 1.70. The van der Waals surface area contributed by atoms with E-state index in [9.17, 15) is 4.79 Å². The topological polar surface area (TPSA) is 71.5 Å². The Balaban J connectivity index is 1.96. The molecule has 98 valence electrons. The van der Waals surface area contributed by atoms with E-state index in [1.54, 1.807) is 25.4 Å². The maximum absolute atomic E-state index is 11.0. The van der Waals surface area contributed by atoms with Crippen molar-refractivity contribution in [1.82, 2.24) is 4.98 Å². The maximum Gasteiger partial charge on any atom is 0.339 e. The van der Waals surface area contributed by atoms with Gasteiger partial charge < -0.3 is 15.2 Å². The minimum Gasteiger partial charge on any atom is -0.478 e. The Kier molecular flexibility index (Phi) is 3.81. The molecule has 1 fully saturated rings. The number of methoxy groups -OCH3 is 1. The number of carbonyl (C=O) groups is 1. The molecule has 1 saturated carbocycles. The summed E-state index contributed by atoms with van der Waals surface area (Å²) >= 11 is 0. The predicted molar refractivity (Wildman–Crippen MR) is 67.8 cm³/mol. The first-order valence-electron chi connectivity index (χ1n) is 6.08. The molecule has 0 atom stereocenters. The van der Waals surface area contributed by atoms with Crippen LogP contribution in [0.1, 0.15) is 29.6 Å². The van der Waals surface area contributed by atoms with Gasteiger partial charge in [0.1, 0.15) is 11.4 Å². The lowest BCUT2D eigenvalue weighted by atomic mass is 10.0. The van der Waals surface area contributed by atoms with Crippen molar-refractivity contribution in [3.05, 3.63) is 23.9 Å². The zero-order valence-corrected chi connectivity index (χ0v) is 10.5. The average molecular weight is 250 g/mol. The second kappa shape index (κ2) is 5.35. The highest BCUT2D eigenvalue weighted by molar-refractivity contribution is 5.92. The Hall–Kier alpha value is -1.62. The third-order valence-corrected chi connectivity index (χ3v) is 3.46. The summed E-state index contributed by atoms with van der Waals surface area (Å²) < 4.78 is 5.09. The second-order valence-corrected chi connectivity index (χ2v) is 4.80. The summed E-state index contributed by atoms with van der Waals surface area (Å²) in [5.74, 6) is -0.499. The van der Waals surface area contributed by atoms with Crippen LogP contribution in [0.4, 0.5) is 5.82 Å². The number of nitrogens with one attached hydrogen (secondary N) is 1. The number of anilines is 1. The molecule has 0 unspecified atom stereocenters. The number of aromatic nitrogens is 1. The maximum atomic E-state index is 11.0. The van der Waals surface area contributed by atoms with E-state index in [0.29, 0.717) is 5.82 Å². The largest absolute Gasteiger partial charge is 0.478 e. The zero-order chi connectivity index (χ0) is 13.0. The summed E-state index contributed by atoms with van der Waals surface area (Å²) in [5, 5.41) is 12.2. The van der Waals surface area contributed by atoms with Crippen LogP contribution in [0.25, 0.3) is 0 Å². The van der Waals surface area contributed by atoms with E-state index in [2.05, 4.69) is 10.3 Å². The number of carboxylic acids is 1. The van der Waals surface area contributed by atoms with E-state index < -0.39 is 5.97 Å². The lowest BCUT2D eigenvalue weighted by Gasteiger charge is -2.16. The second-order valence-electron chi connectivity index (χ2n) is 4.80. The van der Waals surface area contributed by atoms with E-state index in [4.69, 9.17) is 9.84 Å². The SMILES string of the molecule is COCCC1(CNc2ncccc2C(=O)O)CC1. The van der Waals surface area contributed by atoms with Crippen molar-refractivity contribution >= 4 is 11.8 Å². The zero-order valence-electron chi connectivity index (χ0n) is 10.5. The van der Waals surface area contributed by atoms with Crippen LogP contribution in [0.15, 0.2) is 18.3 Å². The molecule has 0 aliphatic heterocycles. The van der Waals surface area contributed by atoms with Crippen molar-refractivity contribution in [3.8, 4) is 0 Å². The van der Waals surface area contributed by atoms with Crippen molar-refractivity contribution in [1.29, 1.82) is 0 Å². The highest BCUT2D eigenvalue weighted by atomic mass is 16.5. The fourth-order valence-corrected chi connectivity index (χ4v) is 2.00. The highest BCUT2D eigenvalue weighted by Gasteiger charge is 2.41. The van der Waals surface area contributed by atoms with Gasteiger partial charge in [-0.1, -0.05) is 0 Å². The average Bonchev–Trinajstić information content (AvgIpc) is 3.15. The number of carboxylic acid groups (broad SMARTS) is 1. The molecule has 1 heterocycles. The number of hydrogen-bond donors (Lipinski definition) is 2. The van der Waals surface area contributed by atoms with Crippen molar-refractivity contribution in [2.45, 2.75) is 19.3 Å². The molecule has 0 aromatic carbocycles. The monoisotopic (exact) mass is 250 g/mol. The minimum absolute atomic E-state index is 0.222. The number of nitrogens with zero attached hydrogens (tertiary/aromatic N) is 1. The normalized spacial score (nSPS) is 16.3. The van der Waals surface area contributed by atoms with Gasteiger partial charge in [-0.3, -0.25) is 0 Å². The van der Waals surface area contributed by atoms with Gasteiger partial charge in [0.05, 0.1) is 0 Å². The summed E-state index contributed by atoms with van der Waals surface area (Å²) in [6.45, 7) is 1.50. The Morgan fingerprint density at radius 2 is 2.39 bits per heavy atom. The van der Waals surface area contributed by atoms with Crippen molar-refractivity contribution in [2.24, 2.45) is 5.41 Å². The van der Waals surface area contributed by atoms with Gasteiger partial charge in [-0.25, -0.2) is 9.78 Å². The predicted octanol–water partition coefficient (Wildman–Crippen LogP) is 2.01. The molecule has 1 aliphatic carbocycles. The third kappa shape index (κ3) is 2.98. The Labute approximate surface area is 106 Å². The van der Waals surface area contributed by atoms with Gasteiger partial charge in [-0.05, 0) is 36.8 Å². The molecule has 1 aliphatic rings. The standard InChI is InChI=1S/C13H18N2O3/c1-18-8-6-13(4-5-13)9-15-11-10(12(16)17)3-2-7-14-11/h2-3,7H,4-6,8-9H2,1H3,(H,14,15)(H,16,17). The summed E-state index contributed by atoms with van der Waals surface area (Å²) in [4.78, 5) is 15.1. The Bertz CT molecular complexity index is 430. The molecule has 0 amide bonds. The highest BCUT2D eigenvalue weighted by Crippen LogP contribution is 2.48. The minimum atomic E-state index is -0.952. The Morgan fingerprint density at radius 3 is 3.00 bits per heavy atom. The fourth-order valence-electron chi connectivity index (χ4n) is 2.00. The summed E-state index contributed by atoms with van der Waals surface area (Å²) in [6.07, 6.45) is 4.94. The molecule has 5 heteroatoms. The van der Waals surface area contributed by atoms with Crippen LogP contribution in [-0.4, -0.2) is 36.3 Å². The molecule has 5 nitrogen and oxygen atoms in total. The van der Waals surface area contributed by atoms with E-state index in [-0.39, 0.29) is 11.0 Å². The quantitative estimate of drug-likeness (QED) is 0.774. The molecule has 2 rings (SSSR count). The third-order valence-electron chi connectivity index (χ3n) is 3.46. The summed E-state index contributed by atoms with van der Waals surface area (Å²) in [5.41, 5.74) is 0.489. The smallest absolute Gasteiger partial charge is 0.339 e. The van der Waals surface area contributed by atoms with Crippen LogP contribution < -0.4 is 5.32 Å². The molecule has 2 N–H and O–H groups in total. The van der Waals surface area contributed by atoms with Crippen LogP contribution in [-0.2, 0) is 4.74 Å². The van der Waals surface area contributed by atoms with E-state index in [0.717, 1.165) is 19.6 Å². The molecule has 0 radical (unpaired) electrons. The lowest BCUT2D eigenvalue weighted by Crippen LogP contribution is -2.19. The van der Waals surface area contributed by atoms with Gasteiger partial charge in [0, 0.05) is 26.5 Å². The van der Waals surface area contributed by atoms with Gasteiger partial charge in [0.2, 0.25) is 0 Å². The molecule has 18 heavy (non-hydrogen) atoms. The van der Waals surface area contributed by atoms with Crippen LogP contribution in [0.3, 0.4) is 0 Å². The molecular formula is C13H18N2O3. The number of aromatic carboxylic acids is 1. The molecule has 0 saturated heterocycles. The Morgan fingerprint density at radius 1 is 1.61 bits per heavy atom. The van der Waals surface area contributed by atoms with Crippen LogP contribution in [0.2, 0.25) is 0 Å². The summed E-state index contributed by atoms with van der Waals surface area (Å²) in [6, 6.07) is 3.19. The van der Waals surface area contributed by atoms with Crippen molar-refractivity contribution < 1.29 is 14.6 Å². The van der Waals surface area contributed by atoms with Crippen molar-refractivity contribution in [3.63, 3.8) is 0 Å². The van der Waals surface area contributed by atoms with Crippen LogP contribution in [0, 0.1) is 5.41 Å². The molecule has 1 aromatic rings. The van der Waals surface area contributed by atoms with Gasteiger partial charge in [0.25, 0.3) is 0 Å². The van der Waals surface area contributed by atoms with Gasteiger partial charge in [-0.15, -0.1) is 0 Å². The first-order chi connectivity index (χ1) is 8.67. The first kappa shape index (κ1) is 12.8. The fraction of sp³-hybridized carbons (Fsp3) is 0.538. The molecular weight excluding hydrogens is 232 g/mol. The first-order valence-corrected chi connectivity index (χ1v) is 6.08.